The van der Waals surface area contributed by atoms with Crippen LogP contribution in [-0.4, -0.2) is 23.5 Å². The fourth-order valence-electron chi connectivity index (χ4n) is 1.84. The van der Waals surface area contributed by atoms with Gasteiger partial charge in [-0.3, -0.25) is 4.90 Å². The normalized spacial score (nSPS) is 12.6. The van der Waals surface area contributed by atoms with Crippen molar-refractivity contribution in [2.45, 2.75) is 66.0 Å². The van der Waals surface area contributed by atoms with Gasteiger partial charge < -0.3 is 0 Å². The molecule has 0 aliphatic carbocycles. The van der Waals surface area contributed by atoms with Crippen LogP contribution in [-0.2, 0) is 0 Å². The largest absolute Gasteiger partial charge is 0.299 e. The van der Waals surface area contributed by atoms with Crippen LogP contribution in [0.15, 0.2) is 12.2 Å². The number of allylic oxidation sites excluding steroid dienone is 2. The van der Waals surface area contributed by atoms with Gasteiger partial charge in [0.2, 0.25) is 0 Å². The Morgan fingerprint density at radius 1 is 1.00 bits per heavy atom. The first-order valence-electron chi connectivity index (χ1n) is 5.96. The smallest absolute Gasteiger partial charge is 0.00412 e. The molecule has 0 N–H and O–H groups in total. The summed E-state index contributed by atoms with van der Waals surface area (Å²) in [6, 6.07) is 1.36. The van der Waals surface area contributed by atoms with Crippen LogP contribution in [0.1, 0.15) is 53.9 Å². The van der Waals surface area contributed by atoms with Crippen molar-refractivity contribution >= 4 is 0 Å². The summed E-state index contributed by atoms with van der Waals surface area (Å²) in [5, 5.41) is 0. The van der Waals surface area contributed by atoms with Gasteiger partial charge in [-0.25, -0.2) is 0 Å². The lowest BCUT2D eigenvalue weighted by molar-refractivity contribution is 0.172. The molecule has 14 heavy (non-hydrogen) atoms. The van der Waals surface area contributed by atoms with Gasteiger partial charge in [0.05, 0.1) is 0 Å². The fraction of sp³-hybridized carbons (Fsp3) is 0.846. The van der Waals surface area contributed by atoms with E-state index in [9.17, 15) is 0 Å². The molecule has 0 aromatic rings. The molecule has 0 atom stereocenters. The van der Waals surface area contributed by atoms with Gasteiger partial charge in [-0.15, -0.1) is 0 Å². The molecule has 0 aliphatic rings. The van der Waals surface area contributed by atoms with Crippen molar-refractivity contribution in [2.75, 3.05) is 6.54 Å². The van der Waals surface area contributed by atoms with Gasteiger partial charge in [-0.2, -0.15) is 0 Å². The third kappa shape index (κ3) is 6.20. The zero-order chi connectivity index (χ0) is 11.0. The second-order valence-electron chi connectivity index (χ2n) is 4.49. The first kappa shape index (κ1) is 13.7. The molecular weight excluding hydrogens is 170 g/mol. The summed E-state index contributed by atoms with van der Waals surface area (Å²) in [6.07, 6.45) is 8.28. The Balaban J connectivity index is 3.61. The molecule has 1 heteroatoms. The second-order valence-corrected chi connectivity index (χ2v) is 4.49. The molecule has 0 radical (unpaired) electrons. The molecule has 1 nitrogen and oxygen atoms in total. The first-order chi connectivity index (χ1) is 6.59. The van der Waals surface area contributed by atoms with Crippen LogP contribution in [0.5, 0.6) is 0 Å². The van der Waals surface area contributed by atoms with Crippen LogP contribution in [0, 0.1) is 0 Å². The molecule has 0 aromatic heterocycles. The standard InChI is InChI=1S/C13H27N/c1-6-7-8-9-10-11-14(12(2)3)13(4)5/h6-7,12-13H,8-11H2,1-5H3. The minimum Gasteiger partial charge on any atom is -0.299 e. The maximum absolute atomic E-state index is 2.57. The van der Waals surface area contributed by atoms with E-state index in [1.54, 1.807) is 0 Å². The van der Waals surface area contributed by atoms with Crippen LogP contribution in [0.25, 0.3) is 0 Å². The van der Waals surface area contributed by atoms with Gasteiger partial charge in [0.1, 0.15) is 0 Å². The molecule has 0 spiro atoms. The molecule has 0 amide bonds. The Kier molecular flexibility index (Phi) is 7.87. The summed E-state index contributed by atoms with van der Waals surface area (Å²) in [6.45, 7) is 12.5. The van der Waals surface area contributed by atoms with Crippen LogP contribution < -0.4 is 0 Å². The summed E-state index contributed by atoms with van der Waals surface area (Å²) in [4.78, 5) is 2.57. The van der Waals surface area contributed by atoms with Gasteiger partial charge in [0.25, 0.3) is 0 Å². The Labute approximate surface area is 90.2 Å². The van der Waals surface area contributed by atoms with E-state index < -0.39 is 0 Å². The third-order valence-corrected chi connectivity index (χ3v) is 2.60. The highest BCUT2D eigenvalue weighted by Gasteiger charge is 2.11. The highest BCUT2D eigenvalue weighted by atomic mass is 15.2. The van der Waals surface area contributed by atoms with Crippen LogP contribution >= 0.6 is 0 Å². The second kappa shape index (κ2) is 8.05. The van der Waals surface area contributed by atoms with Gasteiger partial charge in [-0.1, -0.05) is 12.2 Å². The first-order valence-corrected chi connectivity index (χ1v) is 5.96. The molecule has 0 saturated heterocycles. The summed E-state index contributed by atoms with van der Waals surface area (Å²) < 4.78 is 0. The molecule has 0 saturated carbocycles. The SMILES string of the molecule is CC=CCCCCN(C(C)C)C(C)C. The average molecular weight is 197 g/mol. The van der Waals surface area contributed by atoms with Crippen molar-refractivity contribution in [3.05, 3.63) is 12.2 Å². The highest BCUT2D eigenvalue weighted by Crippen LogP contribution is 2.07. The lowest BCUT2D eigenvalue weighted by atomic mass is 10.1. The van der Waals surface area contributed by atoms with Crippen molar-refractivity contribution in [3.8, 4) is 0 Å². The summed E-state index contributed by atoms with van der Waals surface area (Å²) in [5.74, 6) is 0. The number of unbranched alkanes of at least 4 members (excludes halogenated alkanes) is 2. The number of hydrogen-bond donors (Lipinski definition) is 0. The van der Waals surface area contributed by atoms with Crippen LogP contribution in [0.4, 0.5) is 0 Å². The highest BCUT2D eigenvalue weighted by molar-refractivity contribution is 4.76. The van der Waals surface area contributed by atoms with Gasteiger partial charge >= 0.3 is 0 Å². The lowest BCUT2D eigenvalue weighted by Gasteiger charge is -2.30. The Morgan fingerprint density at radius 3 is 2.00 bits per heavy atom. The van der Waals surface area contributed by atoms with Crippen molar-refractivity contribution < 1.29 is 0 Å². The molecule has 0 aliphatic heterocycles. The zero-order valence-corrected chi connectivity index (χ0v) is 10.6. The van der Waals surface area contributed by atoms with E-state index in [0.29, 0.717) is 12.1 Å². The quantitative estimate of drug-likeness (QED) is 0.442. The van der Waals surface area contributed by atoms with Crippen molar-refractivity contribution in [3.63, 3.8) is 0 Å². The Morgan fingerprint density at radius 2 is 1.57 bits per heavy atom. The summed E-state index contributed by atoms with van der Waals surface area (Å²) in [5.41, 5.74) is 0. The summed E-state index contributed by atoms with van der Waals surface area (Å²) >= 11 is 0. The lowest BCUT2D eigenvalue weighted by Crippen LogP contribution is -2.37. The molecule has 0 bridgehead atoms. The minimum atomic E-state index is 0.678. The van der Waals surface area contributed by atoms with E-state index in [-0.39, 0.29) is 0 Å². The van der Waals surface area contributed by atoms with E-state index in [1.165, 1.54) is 25.8 Å². The van der Waals surface area contributed by atoms with Crippen molar-refractivity contribution in [2.24, 2.45) is 0 Å². The van der Waals surface area contributed by atoms with E-state index in [4.69, 9.17) is 0 Å². The van der Waals surface area contributed by atoms with Crippen molar-refractivity contribution in [1.29, 1.82) is 0 Å². The van der Waals surface area contributed by atoms with Crippen LogP contribution in [0.3, 0.4) is 0 Å². The maximum Gasteiger partial charge on any atom is 0.00412 e. The van der Waals surface area contributed by atoms with E-state index in [0.717, 1.165) is 0 Å². The van der Waals surface area contributed by atoms with E-state index >= 15 is 0 Å². The molecule has 0 fully saturated rings. The van der Waals surface area contributed by atoms with E-state index in [1.807, 2.05) is 0 Å². The van der Waals surface area contributed by atoms with Gasteiger partial charge in [0, 0.05) is 12.1 Å². The zero-order valence-electron chi connectivity index (χ0n) is 10.6. The minimum absolute atomic E-state index is 0.678. The number of rotatable bonds is 7. The van der Waals surface area contributed by atoms with Gasteiger partial charge in [0.15, 0.2) is 0 Å². The molecule has 0 unspecified atom stereocenters. The monoisotopic (exact) mass is 197 g/mol. The van der Waals surface area contributed by atoms with Crippen molar-refractivity contribution in [1.82, 2.24) is 4.90 Å². The molecular formula is C13H27N. The predicted molar refractivity (Wildman–Crippen MR) is 65.6 cm³/mol. The maximum atomic E-state index is 2.57. The average Bonchev–Trinajstić information content (AvgIpc) is 2.09. The molecule has 0 rings (SSSR count). The predicted octanol–water partition coefficient (Wildman–Crippen LogP) is 3.85. The molecule has 0 aromatic carbocycles. The fourth-order valence-corrected chi connectivity index (χ4v) is 1.84. The van der Waals surface area contributed by atoms with E-state index in [2.05, 4.69) is 51.7 Å². The number of hydrogen-bond acceptors (Lipinski definition) is 1. The third-order valence-electron chi connectivity index (χ3n) is 2.60. The topological polar surface area (TPSA) is 3.24 Å². The Bertz CT molecular complexity index is 139. The molecule has 0 heterocycles. The van der Waals surface area contributed by atoms with Crippen LogP contribution in [0.2, 0.25) is 0 Å². The molecule has 84 valence electrons. The Hall–Kier alpha value is -0.300. The number of nitrogens with zero attached hydrogens (tertiary/aromatic N) is 1. The summed E-state index contributed by atoms with van der Waals surface area (Å²) in [7, 11) is 0. The van der Waals surface area contributed by atoms with Gasteiger partial charge in [-0.05, 0) is 60.4 Å².